The van der Waals surface area contributed by atoms with Crippen molar-refractivity contribution in [3.8, 4) is 5.75 Å². The highest BCUT2D eigenvalue weighted by Crippen LogP contribution is 2.25. The van der Waals surface area contributed by atoms with E-state index in [1.54, 1.807) is 12.1 Å². The smallest absolute Gasteiger partial charge is 0.244 e. The average Bonchev–Trinajstić information content (AvgIpc) is 2.37. The summed E-state index contributed by atoms with van der Waals surface area (Å²) in [5.41, 5.74) is 0.892. The molecule has 1 aromatic rings. The highest BCUT2D eigenvalue weighted by Gasteiger charge is 2.21. The van der Waals surface area contributed by atoms with Gasteiger partial charge in [-0.2, -0.15) is 0 Å². The van der Waals surface area contributed by atoms with E-state index < -0.39 is 10.0 Å². The summed E-state index contributed by atoms with van der Waals surface area (Å²) in [4.78, 5) is 0.209. The van der Waals surface area contributed by atoms with Crippen molar-refractivity contribution in [3.63, 3.8) is 0 Å². The van der Waals surface area contributed by atoms with Crippen molar-refractivity contribution in [3.05, 3.63) is 23.8 Å². The molecule has 0 radical (unpaired) electrons. The van der Waals surface area contributed by atoms with Crippen molar-refractivity contribution in [1.29, 1.82) is 0 Å². The first-order chi connectivity index (χ1) is 9.76. The molecular formula is C16H27NO3S. The van der Waals surface area contributed by atoms with Gasteiger partial charge in [0.25, 0.3) is 0 Å². The van der Waals surface area contributed by atoms with Gasteiger partial charge in [-0.1, -0.05) is 32.8 Å². The molecule has 0 bridgehead atoms. The van der Waals surface area contributed by atoms with E-state index in [4.69, 9.17) is 4.74 Å². The van der Waals surface area contributed by atoms with Gasteiger partial charge >= 0.3 is 0 Å². The lowest BCUT2D eigenvalue weighted by Crippen LogP contribution is -2.32. The van der Waals surface area contributed by atoms with Crippen molar-refractivity contribution < 1.29 is 13.2 Å². The SMILES string of the molecule is COc1ccc(C)cc1S(=O)(=O)N[C@H](C)CCCC(C)C. The van der Waals surface area contributed by atoms with Crippen LogP contribution in [0.1, 0.15) is 45.6 Å². The van der Waals surface area contributed by atoms with Gasteiger partial charge in [0, 0.05) is 6.04 Å². The van der Waals surface area contributed by atoms with Gasteiger partial charge in [-0.05, 0) is 43.9 Å². The van der Waals surface area contributed by atoms with Gasteiger partial charge in [-0.3, -0.25) is 0 Å². The lowest BCUT2D eigenvalue weighted by atomic mass is 10.0. The monoisotopic (exact) mass is 313 g/mol. The molecule has 0 fully saturated rings. The number of rotatable bonds is 8. The van der Waals surface area contributed by atoms with E-state index in [0.717, 1.165) is 24.8 Å². The lowest BCUT2D eigenvalue weighted by Gasteiger charge is -2.16. The molecule has 1 aromatic carbocycles. The second-order valence-electron chi connectivity index (χ2n) is 6.00. The van der Waals surface area contributed by atoms with Crippen molar-refractivity contribution in [2.45, 2.75) is 57.9 Å². The topological polar surface area (TPSA) is 55.4 Å². The van der Waals surface area contributed by atoms with Gasteiger partial charge in [0.1, 0.15) is 10.6 Å². The molecule has 0 unspecified atom stereocenters. The Morgan fingerprint density at radius 1 is 1.19 bits per heavy atom. The number of ether oxygens (including phenoxy) is 1. The van der Waals surface area contributed by atoms with Crippen LogP contribution in [0.3, 0.4) is 0 Å². The van der Waals surface area contributed by atoms with Crippen LogP contribution >= 0.6 is 0 Å². The minimum absolute atomic E-state index is 0.0843. The second kappa shape index (κ2) is 7.80. The molecule has 120 valence electrons. The summed E-state index contributed by atoms with van der Waals surface area (Å²) < 4.78 is 32.9. The van der Waals surface area contributed by atoms with Gasteiger partial charge in [0.05, 0.1) is 7.11 Å². The molecule has 0 spiro atoms. The number of benzene rings is 1. The quantitative estimate of drug-likeness (QED) is 0.799. The fourth-order valence-corrected chi connectivity index (χ4v) is 3.75. The third-order valence-corrected chi connectivity index (χ3v) is 4.99. The fourth-order valence-electron chi connectivity index (χ4n) is 2.21. The molecule has 0 heterocycles. The maximum absolute atomic E-state index is 12.5. The number of hydrogen-bond donors (Lipinski definition) is 1. The molecule has 0 aliphatic carbocycles. The van der Waals surface area contributed by atoms with Crippen LogP contribution in [0, 0.1) is 12.8 Å². The molecule has 0 aromatic heterocycles. The van der Waals surface area contributed by atoms with Gasteiger partial charge < -0.3 is 4.74 Å². The van der Waals surface area contributed by atoms with Crippen molar-refractivity contribution in [2.75, 3.05) is 7.11 Å². The fraction of sp³-hybridized carbons (Fsp3) is 0.625. The van der Waals surface area contributed by atoms with Crippen LogP contribution in [0.15, 0.2) is 23.1 Å². The molecule has 4 nitrogen and oxygen atoms in total. The lowest BCUT2D eigenvalue weighted by molar-refractivity contribution is 0.401. The van der Waals surface area contributed by atoms with Gasteiger partial charge in [-0.15, -0.1) is 0 Å². The predicted molar refractivity (Wildman–Crippen MR) is 86.2 cm³/mol. The van der Waals surface area contributed by atoms with Gasteiger partial charge in [0.15, 0.2) is 0 Å². The summed E-state index contributed by atoms with van der Waals surface area (Å²) in [5, 5.41) is 0. The number of nitrogens with one attached hydrogen (secondary N) is 1. The second-order valence-corrected chi connectivity index (χ2v) is 7.68. The zero-order valence-corrected chi connectivity index (χ0v) is 14.5. The Labute approximate surface area is 129 Å². The maximum Gasteiger partial charge on any atom is 0.244 e. The minimum Gasteiger partial charge on any atom is -0.495 e. The Morgan fingerprint density at radius 3 is 2.43 bits per heavy atom. The van der Waals surface area contributed by atoms with Crippen LogP contribution in [-0.4, -0.2) is 21.6 Å². The molecule has 5 heteroatoms. The Morgan fingerprint density at radius 2 is 1.86 bits per heavy atom. The zero-order chi connectivity index (χ0) is 16.0. The first-order valence-corrected chi connectivity index (χ1v) is 8.91. The van der Waals surface area contributed by atoms with Crippen LogP contribution < -0.4 is 9.46 Å². The number of aryl methyl sites for hydroxylation is 1. The molecule has 1 rings (SSSR count). The number of methoxy groups -OCH3 is 1. The maximum atomic E-state index is 12.5. The average molecular weight is 313 g/mol. The Balaban J connectivity index is 2.79. The molecule has 21 heavy (non-hydrogen) atoms. The Bertz CT molecular complexity index is 553. The molecule has 0 saturated carbocycles. The van der Waals surface area contributed by atoms with Gasteiger partial charge in [-0.25, -0.2) is 13.1 Å². The first kappa shape index (κ1) is 18.0. The largest absolute Gasteiger partial charge is 0.495 e. The third-order valence-electron chi connectivity index (χ3n) is 3.38. The summed E-state index contributed by atoms with van der Waals surface area (Å²) in [6, 6.07) is 5.08. The normalized spacial score (nSPS) is 13.4. The first-order valence-electron chi connectivity index (χ1n) is 7.43. The van der Waals surface area contributed by atoms with Crippen molar-refractivity contribution in [2.24, 2.45) is 5.92 Å². The molecular weight excluding hydrogens is 286 g/mol. The van der Waals surface area contributed by atoms with E-state index in [1.165, 1.54) is 7.11 Å². The van der Waals surface area contributed by atoms with Crippen molar-refractivity contribution >= 4 is 10.0 Å². The molecule has 0 amide bonds. The standard InChI is InChI=1S/C16H27NO3S/c1-12(2)7-6-8-14(4)17-21(18,19)16-11-13(3)9-10-15(16)20-5/h9-12,14,17H,6-8H2,1-5H3/t14-/m1/s1. The van der Waals surface area contributed by atoms with Gasteiger partial charge in [0.2, 0.25) is 10.0 Å². The molecule has 1 N–H and O–H groups in total. The Kier molecular flexibility index (Phi) is 6.68. The number of hydrogen-bond acceptors (Lipinski definition) is 3. The van der Waals surface area contributed by atoms with E-state index in [2.05, 4.69) is 18.6 Å². The van der Waals surface area contributed by atoms with E-state index in [0.29, 0.717) is 11.7 Å². The van der Waals surface area contributed by atoms with Crippen molar-refractivity contribution in [1.82, 2.24) is 4.72 Å². The van der Waals surface area contributed by atoms with Crippen LogP contribution in [0.25, 0.3) is 0 Å². The molecule has 0 aliphatic rings. The van der Waals surface area contributed by atoms with Crippen LogP contribution in [0.2, 0.25) is 0 Å². The third kappa shape index (κ3) is 5.67. The van der Waals surface area contributed by atoms with E-state index in [1.807, 2.05) is 19.9 Å². The van der Waals surface area contributed by atoms with Crippen LogP contribution in [0.5, 0.6) is 5.75 Å². The number of sulfonamides is 1. The van der Waals surface area contributed by atoms with Crippen LogP contribution in [-0.2, 0) is 10.0 Å². The van der Waals surface area contributed by atoms with Crippen LogP contribution in [0.4, 0.5) is 0 Å². The van der Waals surface area contributed by atoms with E-state index in [-0.39, 0.29) is 10.9 Å². The summed E-state index contributed by atoms with van der Waals surface area (Å²) in [5.74, 6) is 1.02. The minimum atomic E-state index is -3.55. The summed E-state index contributed by atoms with van der Waals surface area (Å²) in [6.07, 6.45) is 2.97. The molecule has 0 saturated heterocycles. The zero-order valence-electron chi connectivity index (χ0n) is 13.6. The van der Waals surface area contributed by atoms with E-state index in [9.17, 15) is 8.42 Å². The summed E-state index contributed by atoms with van der Waals surface area (Å²) in [7, 11) is -2.07. The summed E-state index contributed by atoms with van der Waals surface area (Å²) in [6.45, 7) is 8.11. The Hall–Kier alpha value is -1.07. The molecule has 0 aliphatic heterocycles. The predicted octanol–water partition coefficient (Wildman–Crippen LogP) is 3.50. The summed E-state index contributed by atoms with van der Waals surface area (Å²) >= 11 is 0. The van der Waals surface area contributed by atoms with E-state index >= 15 is 0 Å². The highest BCUT2D eigenvalue weighted by molar-refractivity contribution is 7.89. The highest BCUT2D eigenvalue weighted by atomic mass is 32.2. The molecule has 1 atom stereocenters.